The van der Waals surface area contributed by atoms with Crippen molar-refractivity contribution in [2.24, 2.45) is 0 Å². The van der Waals surface area contributed by atoms with Gasteiger partial charge in [-0.25, -0.2) is 31.5 Å². The molecule has 0 saturated carbocycles. The number of sulfonamides is 2. The average molecular weight is 544 g/mol. The van der Waals surface area contributed by atoms with Crippen LogP contribution in [0.15, 0.2) is 64.4 Å². The van der Waals surface area contributed by atoms with Crippen LogP contribution in [0.1, 0.15) is 47.9 Å². The lowest BCUT2D eigenvalue weighted by Crippen LogP contribution is -2.41. The van der Waals surface area contributed by atoms with Gasteiger partial charge in [-0.15, -0.1) is 0 Å². The van der Waals surface area contributed by atoms with Crippen LogP contribution < -0.4 is 10.0 Å². The lowest BCUT2D eigenvalue weighted by atomic mass is 10.1. The first kappa shape index (κ1) is 26.7. The summed E-state index contributed by atoms with van der Waals surface area (Å²) in [5, 5.41) is 2.69. The number of carbonyl (C=O) groups excluding carboxylic acids is 1. The number of anilines is 2. The highest BCUT2D eigenvalue weighted by Crippen LogP contribution is 2.25. The van der Waals surface area contributed by atoms with Gasteiger partial charge in [0.2, 0.25) is 16.0 Å². The Morgan fingerprint density at radius 1 is 0.892 bits per heavy atom. The van der Waals surface area contributed by atoms with Gasteiger partial charge in [0.15, 0.2) is 0 Å². The number of piperidine rings is 1. The highest BCUT2D eigenvalue weighted by atomic mass is 32.2. The first-order valence-electron chi connectivity index (χ1n) is 11.8. The topological polar surface area (TPSA) is 138 Å². The molecule has 1 amide bonds. The number of aromatic nitrogens is 2. The van der Waals surface area contributed by atoms with Crippen LogP contribution in [-0.4, -0.2) is 49.6 Å². The molecule has 1 aromatic heterocycles. The van der Waals surface area contributed by atoms with Crippen LogP contribution in [0.5, 0.6) is 0 Å². The van der Waals surface area contributed by atoms with Crippen molar-refractivity contribution in [3.05, 3.63) is 71.5 Å². The summed E-state index contributed by atoms with van der Waals surface area (Å²) in [7, 11) is -7.55. The van der Waals surface area contributed by atoms with E-state index in [2.05, 4.69) is 20.0 Å². The van der Waals surface area contributed by atoms with Crippen LogP contribution in [0.2, 0.25) is 0 Å². The van der Waals surface area contributed by atoms with Crippen molar-refractivity contribution in [3.8, 4) is 0 Å². The van der Waals surface area contributed by atoms with Gasteiger partial charge >= 0.3 is 0 Å². The zero-order valence-corrected chi connectivity index (χ0v) is 22.4. The summed E-state index contributed by atoms with van der Waals surface area (Å²) in [6, 6.07) is 13.1. The molecule has 196 valence electrons. The van der Waals surface area contributed by atoms with Gasteiger partial charge in [0.1, 0.15) is 0 Å². The van der Waals surface area contributed by atoms with Crippen molar-refractivity contribution >= 4 is 37.6 Å². The number of rotatable bonds is 7. The second-order valence-corrected chi connectivity index (χ2v) is 12.6. The van der Waals surface area contributed by atoms with Gasteiger partial charge in [-0.2, -0.15) is 4.31 Å². The Bertz CT molecular complexity index is 1490. The zero-order valence-electron chi connectivity index (χ0n) is 20.8. The number of aryl methyl sites for hydroxylation is 2. The molecular formula is C25H29N5O5S2. The predicted octanol–water partition coefficient (Wildman–Crippen LogP) is 3.71. The van der Waals surface area contributed by atoms with Crippen LogP contribution in [0.4, 0.5) is 11.6 Å². The van der Waals surface area contributed by atoms with Crippen LogP contribution in [0.25, 0.3) is 0 Å². The van der Waals surface area contributed by atoms with Gasteiger partial charge in [-0.3, -0.25) is 4.79 Å². The average Bonchev–Trinajstić information content (AvgIpc) is 2.83. The van der Waals surface area contributed by atoms with E-state index in [1.165, 1.54) is 52.8 Å². The van der Waals surface area contributed by atoms with E-state index in [1.807, 2.05) is 6.92 Å². The van der Waals surface area contributed by atoms with E-state index in [4.69, 9.17) is 0 Å². The third-order valence-corrected chi connectivity index (χ3v) is 9.47. The lowest BCUT2D eigenvalue weighted by molar-refractivity contribution is 0.102. The van der Waals surface area contributed by atoms with Crippen LogP contribution in [-0.2, 0) is 20.0 Å². The summed E-state index contributed by atoms with van der Waals surface area (Å²) < 4.78 is 55.3. The molecule has 2 aromatic carbocycles. The molecule has 4 rings (SSSR count). The van der Waals surface area contributed by atoms with E-state index in [0.29, 0.717) is 23.6 Å². The molecule has 0 aliphatic carbocycles. The van der Waals surface area contributed by atoms with Gasteiger partial charge < -0.3 is 5.32 Å². The Hall–Kier alpha value is -3.35. The van der Waals surface area contributed by atoms with Gasteiger partial charge in [0, 0.05) is 35.2 Å². The second kappa shape index (κ2) is 10.6. The molecule has 1 aliphatic heterocycles. The van der Waals surface area contributed by atoms with E-state index < -0.39 is 26.0 Å². The molecule has 0 spiro atoms. The Kier molecular flexibility index (Phi) is 7.62. The van der Waals surface area contributed by atoms with E-state index in [-0.39, 0.29) is 27.3 Å². The minimum atomic E-state index is -3.92. The fourth-order valence-electron chi connectivity index (χ4n) is 4.21. The largest absolute Gasteiger partial charge is 0.322 e. The first-order chi connectivity index (χ1) is 17.5. The number of hydrogen-bond acceptors (Lipinski definition) is 7. The minimum Gasteiger partial charge on any atom is -0.322 e. The van der Waals surface area contributed by atoms with Crippen molar-refractivity contribution in [1.29, 1.82) is 0 Å². The Balaban J connectivity index is 1.43. The maximum atomic E-state index is 13.0. The highest BCUT2D eigenvalue weighted by molar-refractivity contribution is 7.92. The predicted molar refractivity (Wildman–Crippen MR) is 140 cm³/mol. The number of amides is 1. The third kappa shape index (κ3) is 6.14. The van der Waals surface area contributed by atoms with Crippen molar-refractivity contribution in [3.63, 3.8) is 0 Å². The number of nitrogens with zero attached hydrogens (tertiary/aromatic N) is 3. The van der Waals surface area contributed by atoms with Crippen molar-refractivity contribution in [2.45, 2.75) is 55.9 Å². The molecule has 1 fully saturated rings. The molecule has 0 unspecified atom stereocenters. The van der Waals surface area contributed by atoms with Crippen molar-refractivity contribution in [1.82, 2.24) is 14.3 Å². The lowest BCUT2D eigenvalue weighted by Gasteiger charge is -2.32. The van der Waals surface area contributed by atoms with Gasteiger partial charge in [0.05, 0.1) is 9.79 Å². The molecule has 1 aliphatic rings. The standard InChI is InChI=1S/C25H29N5O5S2/c1-17-16-18(2)27-25(26-17)29-36(32,33)22-13-9-21(10-14-22)28-24(31)20-7-11-23(12-8-20)37(34,35)30-15-5-4-6-19(30)3/h7-14,16,19H,4-6,15H2,1-3H3,(H,28,31)(H,26,27,29)/t19-/m1/s1. The van der Waals surface area contributed by atoms with E-state index in [9.17, 15) is 21.6 Å². The fraction of sp³-hybridized carbons (Fsp3) is 0.320. The first-order valence-corrected chi connectivity index (χ1v) is 14.8. The zero-order chi connectivity index (χ0) is 26.8. The van der Waals surface area contributed by atoms with Gasteiger partial charge in [-0.1, -0.05) is 6.42 Å². The smallest absolute Gasteiger partial charge is 0.264 e. The molecule has 3 aromatic rings. The monoisotopic (exact) mass is 543 g/mol. The molecule has 0 bridgehead atoms. The summed E-state index contributed by atoms with van der Waals surface area (Å²) in [5.41, 5.74) is 1.92. The SMILES string of the molecule is Cc1cc(C)nc(NS(=O)(=O)c2ccc(NC(=O)c3ccc(S(=O)(=O)N4CCCC[C@H]4C)cc3)cc2)n1. The number of carbonyl (C=O) groups is 1. The summed E-state index contributed by atoms with van der Waals surface area (Å²) >= 11 is 0. The van der Waals surface area contributed by atoms with E-state index in [0.717, 1.165) is 19.3 Å². The summed E-state index contributed by atoms with van der Waals surface area (Å²) in [4.78, 5) is 21.0. The molecule has 2 heterocycles. The van der Waals surface area contributed by atoms with E-state index in [1.54, 1.807) is 19.9 Å². The van der Waals surface area contributed by atoms with Crippen LogP contribution >= 0.6 is 0 Å². The van der Waals surface area contributed by atoms with Crippen molar-refractivity contribution < 1.29 is 21.6 Å². The molecule has 1 atom stereocenters. The fourth-order valence-corrected chi connectivity index (χ4v) is 6.86. The Labute approximate surface area is 217 Å². The molecule has 10 nitrogen and oxygen atoms in total. The highest BCUT2D eigenvalue weighted by Gasteiger charge is 2.31. The third-order valence-electron chi connectivity index (χ3n) is 6.10. The van der Waals surface area contributed by atoms with E-state index >= 15 is 0 Å². The van der Waals surface area contributed by atoms with Gasteiger partial charge in [0.25, 0.3) is 15.9 Å². The Morgan fingerprint density at radius 2 is 1.49 bits per heavy atom. The molecule has 0 radical (unpaired) electrons. The van der Waals surface area contributed by atoms with Crippen LogP contribution in [0, 0.1) is 13.8 Å². The molecule has 1 saturated heterocycles. The maximum Gasteiger partial charge on any atom is 0.264 e. The molecule has 12 heteroatoms. The number of hydrogen-bond donors (Lipinski definition) is 2. The van der Waals surface area contributed by atoms with Crippen LogP contribution in [0.3, 0.4) is 0 Å². The maximum absolute atomic E-state index is 13.0. The molecular weight excluding hydrogens is 514 g/mol. The van der Waals surface area contributed by atoms with Crippen molar-refractivity contribution in [2.75, 3.05) is 16.6 Å². The number of nitrogens with one attached hydrogen (secondary N) is 2. The molecule has 2 N–H and O–H groups in total. The summed E-state index contributed by atoms with van der Waals surface area (Å²) in [6.07, 6.45) is 2.67. The minimum absolute atomic E-state index is 0.0184. The number of benzene rings is 2. The quantitative estimate of drug-likeness (QED) is 0.463. The second-order valence-electron chi connectivity index (χ2n) is 9.04. The van der Waals surface area contributed by atoms with Gasteiger partial charge in [-0.05, 0) is 88.2 Å². The normalized spacial score (nSPS) is 16.8. The summed E-state index contributed by atoms with van der Waals surface area (Å²) in [5.74, 6) is -0.470. The summed E-state index contributed by atoms with van der Waals surface area (Å²) in [6.45, 7) is 5.88. The Morgan fingerprint density at radius 3 is 2.08 bits per heavy atom. The molecule has 37 heavy (non-hydrogen) atoms.